The third-order valence-corrected chi connectivity index (χ3v) is 5.39. The number of ether oxygens (including phenoxy) is 1. The zero-order valence-electron chi connectivity index (χ0n) is 22.3. The SMILES string of the molecule is C.C.C1CCC1.C1CCC1.C1CCC1.CC.CN1C(=O)CC1=O.CN1C(=O)CC1=O.COC(C)=O.[Y]. The second-order valence-electron chi connectivity index (χ2n) is 7.98. The number of nitrogens with zero attached hydrogens (tertiary/aromatic N) is 2. The Balaban J connectivity index is -0.000000105. The summed E-state index contributed by atoms with van der Waals surface area (Å²) in [6, 6.07) is 0. The van der Waals surface area contributed by atoms with Gasteiger partial charge in [-0.15, -0.1) is 0 Å². The molecule has 2 saturated heterocycles. The van der Waals surface area contributed by atoms with Crippen LogP contribution in [0.2, 0.25) is 0 Å². The molecule has 2 heterocycles. The fourth-order valence-corrected chi connectivity index (χ4v) is 1.58. The Kier molecular flexibility index (Phi) is 37.4. The van der Waals surface area contributed by atoms with E-state index < -0.39 is 0 Å². The average molecular weight is 592 g/mol. The number of imide groups is 2. The van der Waals surface area contributed by atoms with E-state index in [9.17, 15) is 24.0 Å². The van der Waals surface area contributed by atoms with E-state index in [0.29, 0.717) is 0 Å². The molecular weight excluding hydrogens is 537 g/mol. The molecule has 0 spiro atoms. The Hall–Kier alpha value is -1.15. The molecule has 5 rings (SSSR count). The van der Waals surface area contributed by atoms with Crippen molar-refractivity contribution in [3.63, 3.8) is 0 Å². The smallest absolute Gasteiger partial charge is 0.302 e. The van der Waals surface area contributed by atoms with Crippen molar-refractivity contribution in [2.24, 2.45) is 0 Å². The first-order valence-corrected chi connectivity index (χ1v) is 12.3. The number of hydrogen-bond donors (Lipinski definition) is 0. The molecule has 1 radical (unpaired) electrons. The normalized spacial score (nSPS) is 16.8. The number of hydrogen-bond acceptors (Lipinski definition) is 6. The zero-order chi connectivity index (χ0) is 25.6. The van der Waals surface area contributed by atoms with Gasteiger partial charge in [-0.25, -0.2) is 0 Å². The van der Waals surface area contributed by atoms with Crippen molar-refractivity contribution in [2.75, 3.05) is 21.2 Å². The van der Waals surface area contributed by atoms with Gasteiger partial charge in [-0.1, -0.05) is 106 Å². The molecule has 4 amide bonds. The molecule has 0 unspecified atom stereocenters. The van der Waals surface area contributed by atoms with E-state index in [0.717, 1.165) is 9.80 Å². The number of β-lactam (4-membered cyclic amide) rings is 4. The van der Waals surface area contributed by atoms with Crippen LogP contribution in [0, 0.1) is 0 Å². The third kappa shape index (κ3) is 24.5. The maximum absolute atomic E-state index is 10.1. The summed E-state index contributed by atoms with van der Waals surface area (Å²) in [5.41, 5.74) is 0. The summed E-state index contributed by atoms with van der Waals surface area (Å²) < 4.78 is 4.11. The van der Waals surface area contributed by atoms with Gasteiger partial charge in [0.1, 0.15) is 12.8 Å². The molecule has 0 aromatic carbocycles. The molecule has 5 fully saturated rings. The van der Waals surface area contributed by atoms with E-state index in [1.54, 1.807) is 0 Å². The van der Waals surface area contributed by atoms with Gasteiger partial charge in [-0.3, -0.25) is 33.8 Å². The van der Waals surface area contributed by atoms with Gasteiger partial charge in [0.05, 0.1) is 7.11 Å². The fourth-order valence-electron chi connectivity index (χ4n) is 1.58. The van der Waals surface area contributed by atoms with Crippen LogP contribution in [-0.2, 0) is 61.4 Å². The summed E-state index contributed by atoms with van der Waals surface area (Å²) in [5, 5.41) is 0. The Morgan fingerprint density at radius 1 is 0.583 bits per heavy atom. The van der Waals surface area contributed by atoms with E-state index in [1.807, 2.05) is 13.8 Å². The maximum atomic E-state index is 10.1. The van der Waals surface area contributed by atoms with Crippen molar-refractivity contribution >= 4 is 29.6 Å². The first kappa shape index (κ1) is 44.8. The van der Waals surface area contributed by atoms with Crippen LogP contribution in [0.4, 0.5) is 0 Å². The Morgan fingerprint density at radius 2 is 0.722 bits per heavy atom. The fraction of sp³-hybridized carbons (Fsp3) is 0.815. The van der Waals surface area contributed by atoms with Gasteiger partial charge in [0, 0.05) is 53.7 Å². The van der Waals surface area contributed by atoms with Crippen LogP contribution in [0.25, 0.3) is 0 Å². The van der Waals surface area contributed by atoms with Crippen LogP contribution in [0.15, 0.2) is 0 Å². The van der Waals surface area contributed by atoms with E-state index in [4.69, 9.17) is 0 Å². The van der Waals surface area contributed by atoms with Gasteiger partial charge in [0.15, 0.2) is 0 Å². The molecule has 2 aliphatic heterocycles. The predicted molar refractivity (Wildman–Crippen MR) is 143 cm³/mol. The summed E-state index contributed by atoms with van der Waals surface area (Å²) in [6.45, 7) is 5.36. The summed E-state index contributed by atoms with van der Waals surface area (Å²) in [7, 11) is 4.31. The standard InChI is InChI=1S/2C4H5NO2.3C4H8.C3H6O2.C2H6.2CH4.Y/c2*1-5-3(6)2-4(5)7;3*1-2-4-3-1;1-3(4)5-2;1-2;;;/h2*2H2,1H3;3*1-4H2;1-2H3;1-2H3;2*1H4;. The molecule has 0 aromatic rings. The van der Waals surface area contributed by atoms with Crippen molar-refractivity contribution in [1.82, 2.24) is 9.80 Å². The number of carbonyl (C=O) groups excluding carboxylic acids is 5. The monoisotopic (exact) mass is 591 g/mol. The minimum absolute atomic E-state index is 0. The largest absolute Gasteiger partial charge is 0.469 e. The molecule has 211 valence electrons. The molecule has 5 aliphatic rings. The van der Waals surface area contributed by atoms with Crippen LogP contribution in [-0.4, -0.2) is 60.6 Å². The van der Waals surface area contributed by atoms with Gasteiger partial charge < -0.3 is 4.74 Å². The molecule has 0 aromatic heterocycles. The first-order chi connectivity index (χ1) is 15.7. The first-order valence-electron chi connectivity index (χ1n) is 12.3. The molecule has 0 N–H and O–H groups in total. The second-order valence-corrected chi connectivity index (χ2v) is 7.98. The van der Waals surface area contributed by atoms with Crippen LogP contribution >= 0.6 is 0 Å². The van der Waals surface area contributed by atoms with Crippen LogP contribution in [0.5, 0.6) is 0 Å². The van der Waals surface area contributed by atoms with Gasteiger partial charge in [0.2, 0.25) is 23.6 Å². The van der Waals surface area contributed by atoms with Crippen molar-refractivity contribution in [1.29, 1.82) is 0 Å². The summed E-state index contributed by atoms with van der Waals surface area (Å²) >= 11 is 0. The maximum Gasteiger partial charge on any atom is 0.302 e. The average Bonchev–Trinajstić information content (AvgIpc) is 2.66. The van der Waals surface area contributed by atoms with Gasteiger partial charge in [-0.2, -0.15) is 0 Å². The molecular formula is C27H54N2O6Y. The Bertz CT molecular complexity index is 496. The number of amides is 4. The van der Waals surface area contributed by atoms with Crippen molar-refractivity contribution in [2.45, 2.75) is 126 Å². The number of carbonyl (C=O) groups is 5. The quantitative estimate of drug-likeness (QED) is 0.197. The summed E-state index contributed by atoms with van der Waals surface area (Å²) in [5.74, 6) is -0.560. The van der Waals surface area contributed by atoms with E-state index in [-0.39, 0.29) is 90.0 Å². The van der Waals surface area contributed by atoms with Gasteiger partial charge in [0.25, 0.3) is 0 Å². The molecule has 9 heteroatoms. The minimum Gasteiger partial charge on any atom is -0.469 e. The third-order valence-electron chi connectivity index (χ3n) is 5.39. The molecule has 3 aliphatic carbocycles. The van der Waals surface area contributed by atoms with E-state index >= 15 is 0 Å². The molecule has 0 atom stereocenters. The minimum atomic E-state index is -0.245. The summed E-state index contributed by atoms with van der Waals surface area (Å²) in [4.78, 5) is 52.4. The number of esters is 1. The van der Waals surface area contributed by atoms with Crippen LogP contribution in [0.1, 0.15) is 126 Å². The van der Waals surface area contributed by atoms with Crippen LogP contribution in [0.3, 0.4) is 0 Å². The Labute approximate surface area is 246 Å². The number of rotatable bonds is 0. The molecule has 8 nitrogen and oxygen atoms in total. The molecule has 36 heavy (non-hydrogen) atoms. The topological polar surface area (TPSA) is 101 Å². The Morgan fingerprint density at radius 3 is 0.722 bits per heavy atom. The van der Waals surface area contributed by atoms with Crippen molar-refractivity contribution in [3.05, 3.63) is 0 Å². The van der Waals surface area contributed by atoms with E-state index in [1.165, 1.54) is 105 Å². The number of methoxy groups -OCH3 is 1. The molecule has 3 saturated carbocycles. The second kappa shape index (κ2) is 30.1. The molecule has 0 bridgehead atoms. The van der Waals surface area contributed by atoms with E-state index in [2.05, 4.69) is 4.74 Å². The number of likely N-dealkylation sites (tertiary alicyclic amines) is 2. The van der Waals surface area contributed by atoms with Gasteiger partial charge >= 0.3 is 5.97 Å². The predicted octanol–water partition coefficient (Wildman–Crippen LogP) is 5.91. The van der Waals surface area contributed by atoms with Crippen molar-refractivity contribution < 1.29 is 61.4 Å². The zero-order valence-corrected chi connectivity index (χ0v) is 25.2. The summed E-state index contributed by atoms with van der Waals surface area (Å²) in [6.07, 6.45) is 18.2. The van der Waals surface area contributed by atoms with Crippen molar-refractivity contribution in [3.8, 4) is 0 Å². The van der Waals surface area contributed by atoms with Crippen LogP contribution < -0.4 is 0 Å². The van der Waals surface area contributed by atoms with Gasteiger partial charge in [-0.05, 0) is 0 Å².